The molecule has 1 amide bonds. The smallest absolute Gasteiger partial charge is 0.246 e. The van der Waals surface area contributed by atoms with Gasteiger partial charge < -0.3 is 20.1 Å². The van der Waals surface area contributed by atoms with Crippen molar-refractivity contribution in [2.75, 3.05) is 17.4 Å². The van der Waals surface area contributed by atoms with Gasteiger partial charge in [-0.1, -0.05) is 0 Å². The highest BCUT2D eigenvalue weighted by Crippen LogP contribution is 2.34. The molecule has 0 spiro atoms. The summed E-state index contributed by atoms with van der Waals surface area (Å²) in [6, 6.07) is 12.9. The van der Waals surface area contributed by atoms with Crippen molar-refractivity contribution in [3.8, 4) is 11.5 Å². The minimum Gasteiger partial charge on any atom is -0.454 e. The number of halogens is 1. The molecule has 0 aromatic heterocycles. The molecule has 0 radical (unpaired) electrons. The molecule has 0 aliphatic carbocycles. The first-order valence-corrected chi connectivity index (χ1v) is 7.92. The van der Waals surface area contributed by atoms with Crippen molar-refractivity contribution in [2.24, 2.45) is 0 Å². The third kappa shape index (κ3) is 3.44. The van der Waals surface area contributed by atoms with E-state index in [1.807, 2.05) is 31.2 Å². The molecule has 0 bridgehead atoms. The summed E-state index contributed by atoms with van der Waals surface area (Å²) >= 11 is 2.24. The highest BCUT2D eigenvalue weighted by molar-refractivity contribution is 14.1. The monoisotopic (exact) mass is 410 g/mol. The van der Waals surface area contributed by atoms with Crippen molar-refractivity contribution in [1.29, 1.82) is 0 Å². The molecular formula is C16H15IN2O3. The molecule has 2 aromatic rings. The van der Waals surface area contributed by atoms with Gasteiger partial charge in [0.25, 0.3) is 0 Å². The van der Waals surface area contributed by atoms with E-state index in [2.05, 4.69) is 33.2 Å². The molecule has 1 aliphatic rings. The van der Waals surface area contributed by atoms with Crippen molar-refractivity contribution in [3.05, 3.63) is 46.0 Å². The van der Waals surface area contributed by atoms with E-state index in [1.54, 1.807) is 18.2 Å². The second-order valence-electron chi connectivity index (χ2n) is 4.93. The van der Waals surface area contributed by atoms with Crippen LogP contribution in [0.25, 0.3) is 0 Å². The highest BCUT2D eigenvalue weighted by atomic mass is 127. The zero-order chi connectivity index (χ0) is 15.5. The number of hydrogen-bond donors (Lipinski definition) is 2. The maximum atomic E-state index is 12.2. The maximum absolute atomic E-state index is 12.2. The van der Waals surface area contributed by atoms with Gasteiger partial charge in [0.15, 0.2) is 11.5 Å². The molecule has 1 atom stereocenters. The van der Waals surface area contributed by atoms with Gasteiger partial charge in [0, 0.05) is 21.0 Å². The fourth-order valence-corrected chi connectivity index (χ4v) is 2.45. The van der Waals surface area contributed by atoms with Crippen LogP contribution >= 0.6 is 22.6 Å². The molecule has 114 valence electrons. The Kier molecular flexibility index (Phi) is 4.37. The number of carbonyl (C=O) groups excluding carboxylic acids is 1. The highest BCUT2D eigenvalue weighted by Gasteiger charge is 2.16. The number of amides is 1. The van der Waals surface area contributed by atoms with Crippen LogP contribution in [0.2, 0.25) is 0 Å². The van der Waals surface area contributed by atoms with Crippen LogP contribution in [0.1, 0.15) is 6.92 Å². The standard InChI is InChI=1S/C16H15IN2O3/c1-10(18-12-4-2-11(17)3-5-12)16(20)19-13-6-7-14-15(8-13)22-9-21-14/h2-8,10,18H,9H2,1H3,(H,19,20)/t10-/m1/s1. The number of rotatable bonds is 4. The Bertz CT molecular complexity index is 688. The zero-order valence-electron chi connectivity index (χ0n) is 11.9. The summed E-state index contributed by atoms with van der Waals surface area (Å²) in [4.78, 5) is 12.2. The van der Waals surface area contributed by atoms with Crippen LogP contribution in [0, 0.1) is 3.57 Å². The molecule has 2 aromatic carbocycles. The molecule has 0 fully saturated rings. The molecule has 3 rings (SSSR count). The van der Waals surface area contributed by atoms with E-state index < -0.39 is 0 Å². The van der Waals surface area contributed by atoms with E-state index in [0.717, 1.165) is 9.26 Å². The van der Waals surface area contributed by atoms with Gasteiger partial charge in [-0.25, -0.2) is 0 Å². The molecule has 6 heteroatoms. The Balaban J connectivity index is 1.62. The maximum Gasteiger partial charge on any atom is 0.246 e. The van der Waals surface area contributed by atoms with Crippen LogP contribution in [0.15, 0.2) is 42.5 Å². The normalized spacial score (nSPS) is 13.5. The van der Waals surface area contributed by atoms with Gasteiger partial charge in [0.1, 0.15) is 6.04 Å². The Morgan fingerprint density at radius 3 is 2.55 bits per heavy atom. The Morgan fingerprint density at radius 2 is 1.77 bits per heavy atom. The fourth-order valence-electron chi connectivity index (χ4n) is 2.09. The summed E-state index contributed by atoms with van der Waals surface area (Å²) in [7, 11) is 0. The number of carbonyl (C=O) groups is 1. The fraction of sp³-hybridized carbons (Fsp3) is 0.188. The number of anilines is 2. The van der Waals surface area contributed by atoms with Crippen LogP contribution in [0.5, 0.6) is 11.5 Å². The summed E-state index contributed by atoms with van der Waals surface area (Å²) in [5, 5.41) is 6.03. The first-order chi connectivity index (χ1) is 10.6. The molecule has 0 saturated heterocycles. The number of nitrogens with one attached hydrogen (secondary N) is 2. The molecule has 5 nitrogen and oxygen atoms in total. The van der Waals surface area contributed by atoms with Gasteiger partial charge in [0.05, 0.1) is 0 Å². The number of benzene rings is 2. The van der Waals surface area contributed by atoms with E-state index in [1.165, 1.54) is 0 Å². The molecule has 0 unspecified atom stereocenters. The van der Waals surface area contributed by atoms with Gasteiger partial charge in [-0.15, -0.1) is 0 Å². The van der Waals surface area contributed by atoms with Crippen LogP contribution in [0.4, 0.5) is 11.4 Å². The third-order valence-corrected chi connectivity index (χ3v) is 3.98. The van der Waals surface area contributed by atoms with E-state index in [9.17, 15) is 4.79 Å². The predicted molar refractivity (Wildman–Crippen MR) is 93.4 cm³/mol. The summed E-state index contributed by atoms with van der Waals surface area (Å²) in [6.07, 6.45) is 0. The number of ether oxygens (including phenoxy) is 2. The van der Waals surface area contributed by atoms with Gasteiger partial charge in [-0.2, -0.15) is 0 Å². The van der Waals surface area contributed by atoms with Crippen molar-refractivity contribution in [1.82, 2.24) is 0 Å². The second-order valence-corrected chi connectivity index (χ2v) is 6.18. The molecular weight excluding hydrogens is 395 g/mol. The summed E-state index contributed by atoms with van der Waals surface area (Å²) in [6.45, 7) is 2.04. The lowest BCUT2D eigenvalue weighted by Crippen LogP contribution is -2.31. The lowest BCUT2D eigenvalue weighted by molar-refractivity contribution is -0.116. The SMILES string of the molecule is C[C@@H](Nc1ccc(I)cc1)C(=O)Nc1ccc2c(c1)OCO2. The second kappa shape index (κ2) is 6.43. The van der Waals surface area contributed by atoms with Gasteiger partial charge in [-0.05, 0) is 65.9 Å². The van der Waals surface area contributed by atoms with Crippen LogP contribution < -0.4 is 20.1 Å². The lowest BCUT2D eigenvalue weighted by atomic mass is 10.2. The van der Waals surface area contributed by atoms with Gasteiger partial charge in [-0.3, -0.25) is 4.79 Å². The lowest BCUT2D eigenvalue weighted by Gasteiger charge is -2.15. The van der Waals surface area contributed by atoms with E-state index in [4.69, 9.17) is 9.47 Å². The van der Waals surface area contributed by atoms with Crippen molar-refractivity contribution >= 4 is 39.9 Å². The quantitative estimate of drug-likeness (QED) is 0.759. The third-order valence-electron chi connectivity index (χ3n) is 3.26. The van der Waals surface area contributed by atoms with E-state index >= 15 is 0 Å². The first kappa shape index (κ1) is 15.0. The molecule has 1 heterocycles. The van der Waals surface area contributed by atoms with Crippen LogP contribution in [0.3, 0.4) is 0 Å². The Hall–Kier alpha value is -1.96. The number of fused-ring (bicyclic) bond motifs is 1. The van der Waals surface area contributed by atoms with Crippen LogP contribution in [-0.2, 0) is 4.79 Å². The Labute approximate surface area is 142 Å². The summed E-state index contributed by atoms with van der Waals surface area (Å²) in [5.41, 5.74) is 1.60. The average Bonchev–Trinajstić information content (AvgIpc) is 2.97. The minimum atomic E-state index is -0.356. The molecule has 1 aliphatic heterocycles. The molecule has 22 heavy (non-hydrogen) atoms. The van der Waals surface area contributed by atoms with Crippen molar-refractivity contribution in [2.45, 2.75) is 13.0 Å². The Morgan fingerprint density at radius 1 is 1.09 bits per heavy atom. The predicted octanol–water partition coefficient (Wildman–Crippen LogP) is 3.46. The number of hydrogen-bond acceptors (Lipinski definition) is 4. The summed E-state index contributed by atoms with van der Waals surface area (Å²) in [5.74, 6) is 1.23. The topological polar surface area (TPSA) is 59.6 Å². The van der Waals surface area contributed by atoms with Crippen LogP contribution in [-0.4, -0.2) is 18.7 Å². The van der Waals surface area contributed by atoms with Crippen molar-refractivity contribution in [3.63, 3.8) is 0 Å². The van der Waals surface area contributed by atoms with E-state index in [0.29, 0.717) is 17.2 Å². The zero-order valence-corrected chi connectivity index (χ0v) is 14.1. The summed E-state index contributed by atoms with van der Waals surface area (Å²) < 4.78 is 11.7. The van der Waals surface area contributed by atoms with Gasteiger partial charge >= 0.3 is 0 Å². The largest absolute Gasteiger partial charge is 0.454 e. The van der Waals surface area contributed by atoms with Gasteiger partial charge in [0.2, 0.25) is 12.7 Å². The van der Waals surface area contributed by atoms with Crippen molar-refractivity contribution < 1.29 is 14.3 Å². The molecule has 0 saturated carbocycles. The molecule has 2 N–H and O–H groups in total. The minimum absolute atomic E-state index is 0.114. The van der Waals surface area contributed by atoms with E-state index in [-0.39, 0.29) is 18.7 Å². The first-order valence-electron chi connectivity index (χ1n) is 6.84. The average molecular weight is 410 g/mol.